The average molecular weight is 356 g/mol. The Balaban J connectivity index is 1.58. The number of rotatable bonds is 4. The van der Waals surface area contributed by atoms with Gasteiger partial charge in [-0.05, 0) is 18.8 Å². The second-order valence-corrected chi connectivity index (χ2v) is 6.50. The van der Waals surface area contributed by atoms with Gasteiger partial charge in [-0.2, -0.15) is 10.2 Å². The lowest BCUT2D eigenvalue weighted by Crippen LogP contribution is -2.39. The van der Waals surface area contributed by atoms with Crippen molar-refractivity contribution in [3.05, 3.63) is 24.9 Å². The molecule has 136 valence electrons. The summed E-state index contributed by atoms with van der Waals surface area (Å²) in [5.41, 5.74) is 2.44. The van der Waals surface area contributed by atoms with E-state index in [9.17, 15) is 4.79 Å². The molecule has 0 unspecified atom stereocenters. The first-order valence-corrected chi connectivity index (χ1v) is 8.51. The molecule has 1 fully saturated rings. The van der Waals surface area contributed by atoms with Crippen molar-refractivity contribution in [2.75, 3.05) is 24.5 Å². The molecule has 1 amide bonds. The Kier molecular flexibility index (Phi) is 4.15. The predicted octanol–water partition coefficient (Wildman–Crippen LogP) is 1.01. The van der Waals surface area contributed by atoms with Gasteiger partial charge >= 0.3 is 6.09 Å². The molecule has 1 saturated heterocycles. The molecule has 10 heteroatoms. The summed E-state index contributed by atoms with van der Waals surface area (Å²) in [6, 6.07) is 0. The number of anilines is 1. The number of nitrogens with one attached hydrogen (secondary N) is 1. The van der Waals surface area contributed by atoms with Crippen LogP contribution in [0.15, 0.2) is 24.9 Å². The first kappa shape index (κ1) is 16.3. The number of carboxylic acid groups (broad SMARTS) is 1. The third kappa shape index (κ3) is 3.17. The van der Waals surface area contributed by atoms with Crippen molar-refractivity contribution in [1.29, 1.82) is 0 Å². The molecule has 3 aromatic heterocycles. The van der Waals surface area contributed by atoms with Gasteiger partial charge in [-0.15, -0.1) is 0 Å². The van der Waals surface area contributed by atoms with Crippen LogP contribution in [-0.4, -0.2) is 60.2 Å². The zero-order valence-electron chi connectivity index (χ0n) is 14.4. The summed E-state index contributed by atoms with van der Waals surface area (Å²) in [5.74, 6) is 1.14. The molecule has 1 aliphatic heterocycles. The lowest BCUT2D eigenvalue weighted by molar-refractivity contribution is 0.191. The molecule has 26 heavy (non-hydrogen) atoms. The third-order valence-electron chi connectivity index (χ3n) is 4.70. The Morgan fingerprint density at radius 2 is 2.12 bits per heavy atom. The smallest absolute Gasteiger partial charge is 0.404 e. The molecule has 0 aromatic carbocycles. The first-order valence-electron chi connectivity index (χ1n) is 8.51. The molecule has 0 radical (unpaired) electrons. The van der Waals surface area contributed by atoms with E-state index in [2.05, 4.69) is 25.4 Å². The highest BCUT2D eigenvalue weighted by Crippen LogP contribution is 2.27. The van der Waals surface area contributed by atoms with Crippen LogP contribution in [0.3, 0.4) is 0 Å². The molecular weight excluding hydrogens is 336 g/mol. The predicted molar refractivity (Wildman–Crippen MR) is 93.9 cm³/mol. The van der Waals surface area contributed by atoms with Crippen molar-refractivity contribution in [3.63, 3.8) is 0 Å². The van der Waals surface area contributed by atoms with E-state index in [-0.39, 0.29) is 0 Å². The van der Waals surface area contributed by atoms with Crippen molar-refractivity contribution < 1.29 is 9.90 Å². The van der Waals surface area contributed by atoms with Gasteiger partial charge in [0.25, 0.3) is 0 Å². The van der Waals surface area contributed by atoms with Crippen LogP contribution in [0.2, 0.25) is 0 Å². The Morgan fingerprint density at radius 1 is 1.31 bits per heavy atom. The summed E-state index contributed by atoms with van der Waals surface area (Å²) in [6.45, 7) is 2.10. The maximum absolute atomic E-state index is 10.7. The lowest BCUT2D eigenvalue weighted by atomic mass is 9.97. The molecule has 4 heterocycles. The fourth-order valence-corrected chi connectivity index (χ4v) is 3.30. The number of aromatic nitrogens is 6. The van der Waals surface area contributed by atoms with E-state index >= 15 is 0 Å². The van der Waals surface area contributed by atoms with Gasteiger partial charge in [-0.1, -0.05) is 0 Å². The number of fused-ring (bicyclic) bond motifs is 1. The zero-order chi connectivity index (χ0) is 18.1. The number of hydrogen-bond donors (Lipinski definition) is 2. The minimum absolute atomic E-state index is 0.345. The summed E-state index contributed by atoms with van der Waals surface area (Å²) in [4.78, 5) is 22.0. The van der Waals surface area contributed by atoms with E-state index in [4.69, 9.17) is 10.1 Å². The monoisotopic (exact) mass is 356 g/mol. The summed E-state index contributed by atoms with van der Waals surface area (Å²) < 4.78 is 3.48. The van der Waals surface area contributed by atoms with Crippen molar-refractivity contribution >= 4 is 17.6 Å². The van der Waals surface area contributed by atoms with Crippen LogP contribution < -0.4 is 10.2 Å². The highest BCUT2D eigenvalue weighted by Gasteiger charge is 2.23. The SMILES string of the molecule is Cn1cc(-c2cn3ncnc3c(N3CCC(CNC(=O)O)CC3)n2)cn1. The van der Waals surface area contributed by atoms with Crippen LogP contribution >= 0.6 is 0 Å². The van der Waals surface area contributed by atoms with Gasteiger partial charge in [0.15, 0.2) is 11.5 Å². The summed E-state index contributed by atoms with van der Waals surface area (Å²) in [7, 11) is 1.87. The van der Waals surface area contributed by atoms with E-state index in [0.717, 1.165) is 48.7 Å². The minimum Gasteiger partial charge on any atom is -0.465 e. The average Bonchev–Trinajstić information content (AvgIpc) is 3.28. The van der Waals surface area contributed by atoms with E-state index < -0.39 is 6.09 Å². The summed E-state index contributed by atoms with van der Waals surface area (Å²) >= 11 is 0. The fourth-order valence-electron chi connectivity index (χ4n) is 3.30. The van der Waals surface area contributed by atoms with Crippen LogP contribution in [0.25, 0.3) is 16.9 Å². The minimum atomic E-state index is -0.969. The number of amides is 1. The highest BCUT2D eigenvalue weighted by molar-refractivity contribution is 5.69. The molecule has 0 spiro atoms. The molecule has 1 aliphatic rings. The van der Waals surface area contributed by atoms with Crippen LogP contribution in [0.1, 0.15) is 12.8 Å². The quantitative estimate of drug-likeness (QED) is 0.717. The second kappa shape index (κ2) is 6.62. The molecule has 4 rings (SSSR count). The van der Waals surface area contributed by atoms with E-state index in [1.807, 2.05) is 19.4 Å². The van der Waals surface area contributed by atoms with E-state index in [1.165, 1.54) is 6.33 Å². The number of carbonyl (C=O) groups is 1. The number of aryl methyl sites for hydroxylation is 1. The largest absolute Gasteiger partial charge is 0.465 e. The van der Waals surface area contributed by atoms with Crippen molar-refractivity contribution in [2.45, 2.75) is 12.8 Å². The van der Waals surface area contributed by atoms with Gasteiger partial charge in [0.2, 0.25) is 0 Å². The van der Waals surface area contributed by atoms with Crippen LogP contribution in [0.5, 0.6) is 0 Å². The molecule has 10 nitrogen and oxygen atoms in total. The highest BCUT2D eigenvalue weighted by atomic mass is 16.4. The molecule has 0 atom stereocenters. The number of nitrogens with zero attached hydrogens (tertiary/aromatic N) is 7. The fraction of sp³-hybridized carbons (Fsp3) is 0.438. The maximum Gasteiger partial charge on any atom is 0.404 e. The first-order chi connectivity index (χ1) is 12.6. The number of piperidine rings is 1. The molecule has 3 aromatic rings. The Morgan fingerprint density at radius 3 is 2.81 bits per heavy atom. The van der Waals surface area contributed by atoms with Crippen molar-refractivity contribution in [2.24, 2.45) is 13.0 Å². The van der Waals surface area contributed by atoms with Gasteiger partial charge in [0.05, 0.1) is 18.1 Å². The van der Waals surface area contributed by atoms with E-state index in [0.29, 0.717) is 12.5 Å². The zero-order valence-corrected chi connectivity index (χ0v) is 14.4. The van der Waals surface area contributed by atoms with Crippen LogP contribution in [0.4, 0.5) is 10.6 Å². The van der Waals surface area contributed by atoms with Crippen molar-refractivity contribution in [1.82, 2.24) is 34.7 Å². The Bertz CT molecular complexity index is 925. The van der Waals surface area contributed by atoms with Gasteiger partial charge in [-0.25, -0.2) is 19.3 Å². The second-order valence-electron chi connectivity index (χ2n) is 6.50. The molecule has 0 bridgehead atoms. The normalized spacial score (nSPS) is 15.5. The Hall–Kier alpha value is -3.17. The Labute approximate surface area is 149 Å². The third-order valence-corrected chi connectivity index (χ3v) is 4.70. The molecule has 0 saturated carbocycles. The lowest BCUT2D eigenvalue weighted by Gasteiger charge is -2.32. The van der Waals surface area contributed by atoms with Crippen molar-refractivity contribution in [3.8, 4) is 11.3 Å². The standard InChI is InChI=1S/C16H20N8O2/c1-22-8-12(7-19-22)13-9-24-14(18-10-20-24)15(21-13)23-4-2-11(3-5-23)6-17-16(25)26/h7-11,17H,2-6H2,1H3,(H,25,26). The molecule has 0 aliphatic carbocycles. The van der Waals surface area contributed by atoms with Gasteiger partial charge < -0.3 is 15.3 Å². The molecule has 2 N–H and O–H groups in total. The van der Waals surface area contributed by atoms with Crippen LogP contribution in [-0.2, 0) is 7.05 Å². The van der Waals surface area contributed by atoms with E-state index in [1.54, 1.807) is 15.4 Å². The van der Waals surface area contributed by atoms with Crippen LogP contribution in [0, 0.1) is 5.92 Å². The summed E-state index contributed by atoms with van der Waals surface area (Å²) in [6.07, 6.45) is 7.91. The topological polar surface area (TPSA) is 113 Å². The summed E-state index contributed by atoms with van der Waals surface area (Å²) in [5, 5.41) is 19.7. The van der Waals surface area contributed by atoms with Gasteiger partial charge in [0, 0.05) is 38.4 Å². The molecular formula is C16H20N8O2. The maximum atomic E-state index is 10.7. The van der Waals surface area contributed by atoms with Gasteiger partial charge in [-0.3, -0.25) is 4.68 Å². The van der Waals surface area contributed by atoms with Gasteiger partial charge in [0.1, 0.15) is 6.33 Å². The number of hydrogen-bond acceptors (Lipinski definition) is 6.